The molecule has 0 saturated carbocycles. The van der Waals surface area contributed by atoms with Crippen LogP contribution in [0.2, 0.25) is 0 Å². The zero-order valence-electron chi connectivity index (χ0n) is 22.2. The van der Waals surface area contributed by atoms with Crippen molar-refractivity contribution in [2.45, 2.75) is 59.4 Å². The summed E-state index contributed by atoms with van der Waals surface area (Å²) in [6.07, 6.45) is 8.78. The molecule has 0 amide bonds. The Morgan fingerprint density at radius 2 is 1.79 bits per heavy atom. The van der Waals surface area contributed by atoms with Crippen LogP contribution in [0.5, 0.6) is 0 Å². The van der Waals surface area contributed by atoms with Crippen LogP contribution >= 0.6 is 0 Å². The van der Waals surface area contributed by atoms with Gasteiger partial charge < -0.3 is 0 Å². The number of rotatable bonds is 10. The van der Waals surface area contributed by atoms with Crippen molar-refractivity contribution in [3.63, 3.8) is 0 Å². The highest BCUT2D eigenvalue weighted by molar-refractivity contribution is 5.76. The number of aromatic nitrogens is 7. The molecule has 0 radical (unpaired) electrons. The second-order valence-electron chi connectivity index (χ2n) is 9.64. The monoisotopic (exact) mass is 507 g/mol. The zero-order valence-corrected chi connectivity index (χ0v) is 22.2. The van der Waals surface area contributed by atoms with E-state index >= 15 is 0 Å². The summed E-state index contributed by atoms with van der Waals surface area (Å²) < 4.78 is 3.80. The Bertz CT molecular complexity index is 1560. The predicted molar refractivity (Wildman–Crippen MR) is 149 cm³/mol. The van der Waals surface area contributed by atoms with E-state index in [-0.39, 0.29) is 5.69 Å². The van der Waals surface area contributed by atoms with Gasteiger partial charge in [0.15, 0.2) is 5.82 Å². The van der Waals surface area contributed by atoms with Gasteiger partial charge in [0.1, 0.15) is 0 Å². The van der Waals surface area contributed by atoms with E-state index in [0.717, 1.165) is 71.4 Å². The zero-order chi connectivity index (χ0) is 26.5. The van der Waals surface area contributed by atoms with Gasteiger partial charge in [0.25, 0.3) is 0 Å². The van der Waals surface area contributed by atoms with E-state index in [0.29, 0.717) is 12.4 Å². The standard InChI is InChI=1S/C30H33N7O/c1-4-6-12-25-20-37(28-21(3)10-7-11-24(28)9-5-2)30(38)36(25)19-22-14-16-23(17-15-22)27-26(13-8-18-31-27)29-32-34-35-33-29/h7-8,10-11,13-18,20H,4-6,9,12,19H2,1-3H3,(H,32,33,34,35). The minimum absolute atomic E-state index is 0.0108. The van der Waals surface area contributed by atoms with Crippen LogP contribution in [0.15, 0.2) is 71.8 Å². The fourth-order valence-corrected chi connectivity index (χ4v) is 5.00. The number of hydrogen-bond donors (Lipinski definition) is 1. The second-order valence-corrected chi connectivity index (χ2v) is 9.64. The minimum Gasteiger partial charge on any atom is -0.292 e. The van der Waals surface area contributed by atoms with Gasteiger partial charge in [-0.25, -0.2) is 9.89 Å². The number of nitrogens with zero attached hydrogens (tertiary/aromatic N) is 6. The van der Waals surface area contributed by atoms with Crippen LogP contribution < -0.4 is 5.69 Å². The van der Waals surface area contributed by atoms with Crippen molar-refractivity contribution >= 4 is 0 Å². The summed E-state index contributed by atoms with van der Waals surface area (Å²) in [7, 11) is 0. The Labute approximate surface area is 222 Å². The van der Waals surface area contributed by atoms with Gasteiger partial charge in [0, 0.05) is 29.2 Å². The molecule has 8 heteroatoms. The number of tetrazole rings is 1. The fraction of sp³-hybridized carbons (Fsp3) is 0.300. The van der Waals surface area contributed by atoms with Crippen molar-refractivity contribution in [1.82, 2.24) is 34.7 Å². The maximum atomic E-state index is 13.8. The predicted octanol–water partition coefficient (Wildman–Crippen LogP) is 5.53. The van der Waals surface area contributed by atoms with Gasteiger partial charge in [-0.2, -0.15) is 0 Å². The maximum absolute atomic E-state index is 13.8. The molecule has 8 nitrogen and oxygen atoms in total. The fourth-order valence-electron chi connectivity index (χ4n) is 5.00. The van der Waals surface area contributed by atoms with Crippen molar-refractivity contribution in [3.05, 3.63) is 99.9 Å². The van der Waals surface area contributed by atoms with E-state index in [2.05, 4.69) is 82.9 Å². The lowest BCUT2D eigenvalue weighted by molar-refractivity contribution is 0.673. The smallest absolute Gasteiger partial charge is 0.292 e. The average Bonchev–Trinajstić information content (AvgIpc) is 3.58. The number of hydrogen-bond acceptors (Lipinski definition) is 5. The van der Waals surface area contributed by atoms with Crippen LogP contribution in [0.3, 0.4) is 0 Å². The van der Waals surface area contributed by atoms with Crippen LogP contribution in [0.1, 0.15) is 55.5 Å². The Morgan fingerprint density at radius 1 is 0.947 bits per heavy atom. The summed E-state index contributed by atoms with van der Waals surface area (Å²) in [5, 5.41) is 14.2. The lowest BCUT2D eigenvalue weighted by Gasteiger charge is -2.12. The number of unbranched alkanes of at least 4 members (excludes halogenated alkanes) is 1. The molecule has 194 valence electrons. The number of benzene rings is 2. The van der Waals surface area contributed by atoms with Crippen LogP contribution in [0, 0.1) is 6.92 Å². The van der Waals surface area contributed by atoms with E-state index in [1.807, 2.05) is 33.4 Å². The van der Waals surface area contributed by atoms with Crippen LogP contribution in [-0.4, -0.2) is 34.7 Å². The molecule has 5 aromatic rings. The van der Waals surface area contributed by atoms with Crippen LogP contribution in [0.4, 0.5) is 0 Å². The maximum Gasteiger partial charge on any atom is 0.333 e. The largest absolute Gasteiger partial charge is 0.333 e. The van der Waals surface area contributed by atoms with E-state index in [9.17, 15) is 4.79 Å². The molecule has 0 spiro atoms. The van der Waals surface area contributed by atoms with Crippen molar-refractivity contribution in [1.29, 1.82) is 0 Å². The Hall–Kier alpha value is -4.33. The SMILES string of the molecule is CCCCc1cn(-c2c(C)cccc2CCC)c(=O)n1Cc1ccc(-c2ncccc2-c2nnn[nH]2)cc1. The van der Waals surface area contributed by atoms with Crippen molar-refractivity contribution in [2.75, 3.05) is 0 Å². The van der Waals surface area contributed by atoms with Gasteiger partial charge in [-0.3, -0.25) is 14.1 Å². The summed E-state index contributed by atoms with van der Waals surface area (Å²) >= 11 is 0. The second kappa shape index (κ2) is 11.4. The molecule has 0 aliphatic rings. The third-order valence-electron chi connectivity index (χ3n) is 6.91. The number of aryl methyl sites for hydroxylation is 3. The average molecular weight is 508 g/mol. The first kappa shape index (κ1) is 25.3. The molecule has 0 bridgehead atoms. The summed E-state index contributed by atoms with van der Waals surface area (Å²) in [5.74, 6) is 0.573. The normalized spacial score (nSPS) is 11.2. The molecule has 5 rings (SSSR count). The molecule has 2 aromatic carbocycles. The van der Waals surface area contributed by atoms with Crippen LogP contribution in [0.25, 0.3) is 28.3 Å². The number of para-hydroxylation sites is 1. The lowest BCUT2D eigenvalue weighted by Crippen LogP contribution is -2.25. The van der Waals surface area contributed by atoms with Gasteiger partial charge in [0.05, 0.1) is 17.9 Å². The first-order chi connectivity index (χ1) is 18.6. The summed E-state index contributed by atoms with van der Waals surface area (Å²) in [4.78, 5) is 18.4. The Kier molecular flexibility index (Phi) is 7.58. The molecule has 38 heavy (non-hydrogen) atoms. The molecule has 1 N–H and O–H groups in total. The number of pyridine rings is 1. The molecule has 0 aliphatic heterocycles. The molecule has 0 saturated heterocycles. The van der Waals surface area contributed by atoms with E-state index < -0.39 is 0 Å². The minimum atomic E-state index is 0.0108. The summed E-state index contributed by atoms with van der Waals surface area (Å²) in [6.45, 7) is 6.96. The van der Waals surface area contributed by atoms with Gasteiger partial charge in [-0.1, -0.05) is 69.2 Å². The first-order valence-electron chi connectivity index (χ1n) is 13.3. The van der Waals surface area contributed by atoms with Gasteiger partial charge >= 0.3 is 5.69 Å². The summed E-state index contributed by atoms with van der Waals surface area (Å²) in [5.41, 5.74) is 8.09. The molecule has 0 fully saturated rings. The number of H-pyrrole nitrogens is 1. The topological polar surface area (TPSA) is 94.3 Å². The van der Waals surface area contributed by atoms with E-state index in [1.165, 1.54) is 5.56 Å². The molecule has 3 aromatic heterocycles. The lowest BCUT2D eigenvalue weighted by atomic mass is 10.0. The number of imidazole rings is 1. The van der Waals surface area contributed by atoms with Crippen molar-refractivity contribution in [2.24, 2.45) is 0 Å². The number of aromatic amines is 1. The Morgan fingerprint density at radius 3 is 2.53 bits per heavy atom. The molecular formula is C30H33N7O. The molecule has 0 unspecified atom stereocenters. The molecule has 0 aliphatic carbocycles. The van der Waals surface area contributed by atoms with Gasteiger partial charge in [0.2, 0.25) is 0 Å². The third kappa shape index (κ3) is 5.07. The van der Waals surface area contributed by atoms with Crippen molar-refractivity contribution in [3.8, 4) is 28.3 Å². The molecular weight excluding hydrogens is 474 g/mol. The highest BCUT2D eigenvalue weighted by atomic mass is 16.1. The van der Waals surface area contributed by atoms with Crippen LogP contribution in [-0.2, 0) is 19.4 Å². The third-order valence-corrected chi connectivity index (χ3v) is 6.91. The Balaban J connectivity index is 1.50. The summed E-state index contributed by atoms with van der Waals surface area (Å²) in [6, 6.07) is 18.3. The van der Waals surface area contributed by atoms with E-state index in [4.69, 9.17) is 0 Å². The molecule has 0 atom stereocenters. The van der Waals surface area contributed by atoms with Crippen molar-refractivity contribution < 1.29 is 0 Å². The quantitative estimate of drug-likeness (QED) is 0.268. The first-order valence-corrected chi connectivity index (χ1v) is 13.3. The van der Waals surface area contributed by atoms with Gasteiger partial charge in [-0.05, 0) is 65.4 Å². The van der Waals surface area contributed by atoms with Gasteiger partial charge in [-0.15, -0.1) is 5.10 Å². The molecule has 3 heterocycles. The van der Waals surface area contributed by atoms with E-state index in [1.54, 1.807) is 6.20 Å². The highest BCUT2D eigenvalue weighted by Gasteiger charge is 2.17. The number of nitrogens with one attached hydrogen (secondary N) is 1. The highest BCUT2D eigenvalue weighted by Crippen LogP contribution is 2.28.